The van der Waals surface area contributed by atoms with Crippen LogP contribution in [0.4, 0.5) is 5.69 Å². The highest BCUT2D eigenvalue weighted by Gasteiger charge is 2.46. The summed E-state index contributed by atoms with van der Waals surface area (Å²) < 4.78 is 13.5. The predicted octanol–water partition coefficient (Wildman–Crippen LogP) is 10.2. The molecule has 0 saturated heterocycles. The van der Waals surface area contributed by atoms with Gasteiger partial charge in [-0.15, -0.1) is 45.8 Å². The molecule has 3 atom stereocenters. The molecule has 0 spiro atoms. The minimum atomic E-state index is -0.293. The number of aryl methyl sites for hydroxylation is 1. The van der Waals surface area contributed by atoms with Crippen LogP contribution in [0.5, 0.6) is 0 Å². The molecular formula is C36H26N8S5. The molecule has 0 radical (unpaired) electrons. The highest BCUT2D eigenvalue weighted by Crippen LogP contribution is 2.60. The van der Waals surface area contributed by atoms with E-state index in [-0.39, 0.29) is 17.2 Å². The maximum atomic E-state index is 10.1. The van der Waals surface area contributed by atoms with Crippen LogP contribution in [-0.2, 0) is 6.54 Å². The Balaban J connectivity index is 1.27. The number of rotatable bonds is 9. The standard InChI is InChI=1S/C36H26N8S5/c1-3-9-43-25-13-23(11-19(15-37)27-7-5-21(17-39)45-27)47-35(25)29-31-32(42-49-41-31)30-34(33(29)43)44(10-4-2)26-14-24(48-36(26)30)12-20(16-38)28-8-6-22(18-40)46-28/h5-8,11,13-14,20,26,36H,3-4,9-10,12H2,1-2H3. The fourth-order valence-electron chi connectivity index (χ4n) is 7.12. The minimum Gasteiger partial charge on any atom is -0.362 e. The first-order valence-electron chi connectivity index (χ1n) is 15.9. The average Bonchev–Trinajstić information content (AvgIpc) is 3.96. The van der Waals surface area contributed by atoms with Crippen molar-refractivity contribution >= 4 is 107 Å². The fourth-order valence-corrected chi connectivity index (χ4v) is 12.0. The van der Waals surface area contributed by atoms with Crippen LogP contribution < -0.4 is 4.90 Å². The number of hydrogen-bond acceptors (Lipinski definition) is 12. The molecule has 240 valence electrons. The topological polar surface area (TPSA) is 129 Å². The Bertz CT molecular complexity index is 2530. The molecule has 13 heteroatoms. The Labute approximate surface area is 303 Å². The summed E-state index contributed by atoms with van der Waals surface area (Å²) in [6, 6.07) is 18.9. The van der Waals surface area contributed by atoms with Crippen molar-refractivity contribution < 1.29 is 0 Å². The lowest BCUT2D eigenvalue weighted by Gasteiger charge is -2.26. The van der Waals surface area contributed by atoms with Crippen LogP contribution in [0.1, 0.15) is 74.2 Å². The number of allylic oxidation sites excluding steroid dienone is 2. The van der Waals surface area contributed by atoms with Crippen molar-refractivity contribution in [1.82, 2.24) is 13.3 Å². The SMILES string of the molecule is CCCN1c2c(c3nsnc3c3c4sc(C=C(C#N)c5ccc(C#N)s5)cc4n(CCC)c23)C2SC(CC(C#N)c3ccc(C#N)s3)=CC21. The maximum Gasteiger partial charge on any atom is 0.116 e. The van der Waals surface area contributed by atoms with E-state index in [1.165, 1.54) is 56.1 Å². The predicted molar refractivity (Wildman–Crippen MR) is 203 cm³/mol. The molecule has 49 heavy (non-hydrogen) atoms. The Kier molecular flexibility index (Phi) is 8.28. The Morgan fingerprint density at radius 3 is 2.45 bits per heavy atom. The zero-order valence-electron chi connectivity index (χ0n) is 26.4. The molecule has 0 amide bonds. The Hall–Kier alpha value is -4.47. The molecule has 0 aliphatic carbocycles. The van der Waals surface area contributed by atoms with E-state index in [0.29, 0.717) is 21.7 Å². The molecular weight excluding hydrogens is 705 g/mol. The normalized spacial score (nSPS) is 17.6. The van der Waals surface area contributed by atoms with E-state index in [9.17, 15) is 21.0 Å². The smallest absolute Gasteiger partial charge is 0.116 e. The van der Waals surface area contributed by atoms with Crippen LogP contribution >= 0.6 is 57.5 Å². The molecule has 2 aliphatic rings. The molecule has 8 nitrogen and oxygen atoms in total. The molecule has 0 bridgehead atoms. The third kappa shape index (κ3) is 5.08. The summed E-state index contributed by atoms with van der Waals surface area (Å²) in [7, 11) is 0. The van der Waals surface area contributed by atoms with Gasteiger partial charge in [-0.1, -0.05) is 19.9 Å². The number of hydrogen-bond donors (Lipinski definition) is 0. The summed E-state index contributed by atoms with van der Waals surface area (Å²) in [6.07, 6.45) is 6.88. The number of aromatic nitrogens is 3. The number of nitriles is 4. The van der Waals surface area contributed by atoms with Crippen molar-refractivity contribution in [3.8, 4) is 24.3 Å². The van der Waals surface area contributed by atoms with Gasteiger partial charge in [0.15, 0.2) is 0 Å². The average molecular weight is 731 g/mol. The first kappa shape index (κ1) is 31.8. The molecule has 6 aromatic rings. The number of benzene rings is 1. The zero-order chi connectivity index (χ0) is 33.8. The van der Waals surface area contributed by atoms with E-state index in [1.54, 1.807) is 23.5 Å². The molecule has 0 fully saturated rings. The van der Waals surface area contributed by atoms with E-state index >= 15 is 0 Å². The number of fused-ring (bicyclic) bond motifs is 10. The lowest BCUT2D eigenvalue weighted by atomic mass is 10.0. The second kappa shape index (κ2) is 12.8. The second-order valence-electron chi connectivity index (χ2n) is 12.0. The maximum absolute atomic E-state index is 10.1. The van der Waals surface area contributed by atoms with Crippen molar-refractivity contribution in [2.24, 2.45) is 0 Å². The number of thiophene rings is 3. The van der Waals surface area contributed by atoms with Gasteiger partial charge in [0.2, 0.25) is 0 Å². The van der Waals surface area contributed by atoms with E-state index in [4.69, 9.17) is 8.75 Å². The van der Waals surface area contributed by atoms with Crippen LogP contribution in [0.2, 0.25) is 0 Å². The molecule has 3 unspecified atom stereocenters. The molecule has 8 rings (SSSR count). The first-order chi connectivity index (χ1) is 24.0. The summed E-state index contributed by atoms with van der Waals surface area (Å²) in [6.45, 7) is 6.16. The third-order valence-corrected chi connectivity index (χ3v) is 14.2. The number of nitrogens with zero attached hydrogens (tertiary/aromatic N) is 8. The number of anilines is 1. The van der Waals surface area contributed by atoms with Crippen LogP contribution in [-0.4, -0.2) is 25.9 Å². The van der Waals surface area contributed by atoms with Crippen molar-refractivity contribution in [3.63, 3.8) is 0 Å². The molecule has 5 aromatic heterocycles. The second-order valence-corrected chi connectivity index (χ2v) is 17.0. The van der Waals surface area contributed by atoms with Crippen LogP contribution in [0, 0.1) is 45.3 Å². The summed E-state index contributed by atoms with van der Waals surface area (Å²) in [5, 5.41) is 40.1. The van der Waals surface area contributed by atoms with Gasteiger partial charge >= 0.3 is 0 Å². The monoisotopic (exact) mass is 730 g/mol. The van der Waals surface area contributed by atoms with E-state index in [2.05, 4.69) is 59.7 Å². The van der Waals surface area contributed by atoms with Crippen LogP contribution in [0.25, 0.3) is 43.8 Å². The van der Waals surface area contributed by atoms with E-state index in [0.717, 1.165) is 67.2 Å². The first-order valence-corrected chi connectivity index (χ1v) is 20.0. The summed E-state index contributed by atoms with van der Waals surface area (Å²) in [5.41, 5.74) is 7.27. The van der Waals surface area contributed by atoms with Gasteiger partial charge in [0, 0.05) is 38.7 Å². The fraction of sp³-hybridized carbons (Fsp3) is 0.278. The molecule has 7 heterocycles. The zero-order valence-corrected chi connectivity index (χ0v) is 30.5. The molecule has 0 saturated carbocycles. The Morgan fingerprint density at radius 1 is 0.959 bits per heavy atom. The van der Waals surface area contributed by atoms with Crippen molar-refractivity contribution in [2.45, 2.75) is 56.9 Å². The van der Waals surface area contributed by atoms with Gasteiger partial charge in [-0.3, -0.25) is 0 Å². The van der Waals surface area contributed by atoms with Crippen LogP contribution in [0.3, 0.4) is 0 Å². The van der Waals surface area contributed by atoms with Gasteiger partial charge in [-0.25, -0.2) is 0 Å². The van der Waals surface area contributed by atoms with Gasteiger partial charge < -0.3 is 9.47 Å². The lowest BCUT2D eigenvalue weighted by Crippen LogP contribution is -2.31. The van der Waals surface area contributed by atoms with Gasteiger partial charge in [0.05, 0.1) is 62.0 Å². The molecule has 2 aliphatic heterocycles. The van der Waals surface area contributed by atoms with Gasteiger partial charge in [0.25, 0.3) is 0 Å². The van der Waals surface area contributed by atoms with Crippen molar-refractivity contribution in [2.75, 3.05) is 11.4 Å². The molecule has 1 aromatic carbocycles. The number of thioether (sulfide) groups is 1. The lowest BCUT2D eigenvalue weighted by molar-refractivity contribution is 0.701. The van der Waals surface area contributed by atoms with Crippen molar-refractivity contribution in [3.05, 3.63) is 71.3 Å². The summed E-state index contributed by atoms with van der Waals surface area (Å²) in [5.74, 6) is -0.293. The molecule has 0 N–H and O–H groups in total. The highest BCUT2D eigenvalue weighted by molar-refractivity contribution is 8.03. The van der Waals surface area contributed by atoms with E-state index < -0.39 is 0 Å². The van der Waals surface area contributed by atoms with Gasteiger partial charge in [0.1, 0.15) is 39.0 Å². The van der Waals surface area contributed by atoms with Gasteiger partial charge in [-0.05, 0) is 60.6 Å². The largest absolute Gasteiger partial charge is 0.362 e. The van der Waals surface area contributed by atoms with E-state index in [1.807, 2.05) is 30.0 Å². The van der Waals surface area contributed by atoms with Gasteiger partial charge in [-0.2, -0.15) is 29.8 Å². The summed E-state index contributed by atoms with van der Waals surface area (Å²) in [4.78, 5) is 7.70. The Morgan fingerprint density at radius 2 is 1.73 bits per heavy atom. The highest BCUT2D eigenvalue weighted by atomic mass is 32.2. The minimum absolute atomic E-state index is 0.145. The third-order valence-electron chi connectivity index (χ3n) is 9.03. The summed E-state index contributed by atoms with van der Waals surface area (Å²) >= 11 is 7.53. The van der Waals surface area contributed by atoms with Crippen molar-refractivity contribution in [1.29, 1.82) is 21.0 Å². The van der Waals surface area contributed by atoms with Crippen LogP contribution in [0.15, 0.2) is 41.3 Å². The quantitative estimate of drug-likeness (QED) is 0.134.